The van der Waals surface area contributed by atoms with Gasteiger partial charge in [-0.2, -0.15) is 0 Å². The number of pyridine rings is 1. The number of fused-ring (bicyclic) bond motifs is 3. The van der Waals surface area contributed by atoms with E-state index in [-0.39, 0.29) is 5.56 Å². The molecule has 0 aliphatic rings. The van der Waals surface area contributed by atoms with Gasteiger partial charge in [0.1, 0.15) is 5.65 Å². The average molecular weight is 323 g/mol. The van der Waals surface area contributed by atoms with E-state index in [1.807, 2.05) is 56.6 Å². The lowest BCUT2D eigenvalue weighted by atomic mass is 10.1. The number of benzene rings is 2. The van der Waals surface area contributed by atoms with Crippen molar-refractivity contribution in [3.05, 3.63) is 70.0 Å². The Morgan fingerprint density at radius 2 is 1.57 bits per heavy atom. The maximum atomic E-state index is 12.8. The Kier molecular flexibility index (Phi) is 3.06. The summed E-state index contributed by atoms with van der Waals surface area (Å²) in [7, 11) is 3.81. The van der Waals surface area contributed by atoms with Crippen LogP contribution in [0.4, 0.5) is 0 Å². The molecule has 0 radical (unpaired) electrons. The lowest BCUT2D eigenvalue weighted by Gasteiger charge is -2.08. The zero-order valence-electron chi connectivity index (χ0n) is 12.9. The van der Waals surface area contributed by atoms with Gasteiger partial charge in [0.15, 0.2) is 0 Å². The highest BCUT2D eigenvalue weighted by Crippen LogP contribution is 2.30. The van der Waals surface area contributed by atoms with Crippen molar-refractivity contribution >= 4 is 33.5 Å². The van der Waals surface area contributed by atoms with E-state index in [2.05, 4.69) is 16.7 Å². The van der Waals surface area contributed by atoms with Crippen LogP contribution >= 0.6 is 11.6 Å². The molecule has 114 valence electrons. The molecule has 4 aromatic rings. The Hall–Kier alpha value is -2.52. The van der Waals surface area contributed by atoms with E-state index in [1.165, 1.54) is 0 Å². The smallest absolute Gasteiger partial charge is 0.259 e. The molecule has 3 nitrogen and oxygen atoms in total. The molecular weight excluding hydrogens is 308 g/mol. The highest BCUT2D eigenvalue weighted by molar-refractivity contribution is 6.30. The van der Waals surface area contributed by atoms with Gasteiger partial charge in [-0.25, -0.2) is 0 Å². The molecule has 2 aromatic heterocycles. The predicted octanol–water partition coefficient (Wildman–Crippen LogP) is 4.35. The van der Waals surface area contributed by atoms with Crippen LogP contribution in [-0.4, -0.2) is 9.13 Å². The van der Waals surface area contributed by atoms with Crippen molar-refractivity contribution in [2.24, 2.45) is 14.1 Å². The fourth-order valence-electron chi connectivity index (χ4n) is 3.28. The molecule has 0 aliphatic heterocycles. The third-order valence-electron chi connectivity index (χ3n) is 4.41. The van der Waals surface area contributed by atoms with Crippen molar-refractivity contribution in [3.63, 3.8) is 0 Å². The van der Waals surface area contributed by atoms with Crippen LogP contribution in [0, 0.1) is 0 Å². The fourth-order valence-corrected chi connectivity index (χ4v) is 3.40. The van der Waals surface area contributed by atoms with Gasteiger partial charge in [0.25, 0.3) is 5.56 Å². The molecule has 0 atom stereocenters. The second kappa shape index (κ2) is 5.00. The van der Waals surface area contributed by atoms with E-state index in [9.17, 15) is 4.79 Å². The van der Waals surface area contributed by atoms with Crippen LogP contribution in [0.1, 0.15) is 0 Å². The van der Waals surface area contributed by atoms with Crippen molar-refractivity contribution in [1.82, 2.24) is 9.13 Å². The SMILES string of the molecule is Cn1c(=O)c(-c2ccc(Cl)cc2)cc2c3ccccc3n(C)c21. The van der Waals surface area contributed by atoms with Crippen LogP contribution in [0.2, 0.25) is 5.02 Å². The van der Waals surface area contributed by atoms with Gasteiger partial charge in [-0.05, 0) is 29.8 Å². The minimum Gasteiger partial charge on any atom is -0.330 e. The number of hydrogen-bond acceptors (Lipinski definition) is 1. The first-order chi connectivity index (χ1) is 11.1. The first kappa shape index (κ1) is 14.1. The normalized spacial score (nSPS) is 11.4. The van der Waals surface area contributed by atoms with Crippen LogP contribution in [0.3, 0.4) is 0 Å². The van der Waals surface area contributed by atoms with Gasteiger partial charge in [-0.1, -0.05) is 41.9 Å². The van der Waals surface area contributed by atoms with Crippen LogP contribution in [0.5, 0.6) is 0 Å². The van der Waals surface area contributed by atoms with Gasteiger partial charge in [0.2, 0.25) is 0 Å². The number of rotatable bonds is 1. The molecule has 23 heavy (non-hydrogen) atoms. The topological polar surface area (TPSA) is 26.9 Å². The zero-order valence-corrected chi connectivity index (χ0v) is 13.6. The summed E-state index contributed by atoms with van der Waals surface area (Å²) in [5, 5.41) is 2.89. The molecule has 0 fully saturated rings. The van der Waals surface area contributed by atoms with Crippen LogP contribution in [-0.2, 0) is 14.1 Å². The molecule has 0 bridgehead atoms. The molecule has 2 aromatic carbocycles. The number of aromatic nitrogens is 2. The standard InChI is InChI=1S/C19H15ClN2O/c1-21-17-6-4-3-5-14(17)16-11-15(19(23)22(2)18(16)21)12-7-9-13(20)10-8-12/h3-11H,1-2H3. The Morgan fingerprint density at radius 1 is 0.870 bits per heavy atom. The molecule has 0 spiro atoms. The highest BCUT2D eigenvalue weighted by atomic mass is 35.5. The van der Waals surface area contributed by atoms with Crippen molar-refractivity contribution in [1.29, 1.82) is 0 Å². The summed E-state index contributed by atoms with van der Waals surface area (Å²) in [6.07, 6.45) is 0. The molecule has 0 aliphatic carbocycles. The Bertz CT molecular complexity index is 1100. The second-order valence-corrected chi connectivity index (χ2v) is 6.18. The Morgan fingerprint density at radius 3 is 2.30 bits per heavy atom. The fraction of sp³-hybridized carbons (Fsp3) is 0.105. The van der Waals surface area contributed by atoms with Gasteiger partial charge in [0, 0.05) is 35.5 Å². The van der Waals surface area contributed by atoms with Crippen molar-refractivity contribution in [2.75, 3.05) is 0 Å². The summed E-state index contributed by atoms with van der Waals surface area (Å²) in [5.74, 6) is 0. The largest absolute Gasteiger partial charge is 0.330 e. The van der Waals surface area contributed by atoms with E-state index in [1.54, 1.807) is 4.57 Å². The van der Waals surface area contributed by atoms with Gasteiger partial charge < -0.3 is 4.57 Å². The molecule has 0 saturated carbocycles. The zero-order chi connectivity index (χ0) is 16.1. The maximum absolute atomic E-state index is 12.8. The Balaban J connectivity index is 2.15. The molecule has 0 N–H and O–H groups in total. The monoisotopic (exact) mass is 322 g/mol. The summed E-state index contributed by atoms with van der Waals surface area (Å²) in [6.45, 7) is 0. The van der Waals surface area contributed by atoms with Crippen molar-refractivity contribution in [2.45, 2.75) is 0 Å². The molecule has 4 heteroatoms. The van der Waals surface area contributed by atoms with Gasteiger partial charge in [-0.3, -0.25) is 9.36 Å². The minimum atomic E-state index is -0.00858. The third kappa shape index (κ3) is 2.01. The van der Waals surface area contributed by atoms with E-state index in [0.717, 1.165) is 27.5 Å². The molecule has 4 rings (SSSR count). The minimum absolute atomic E-state index is 0.00858. The summed E-state index contributed by atoms with van der Waals surface area (Å²) in [4.78, 5) is 12.8. The highest BCUT2D eigenvalue weighted by Gasteiger charge is 2.15. The summed E-state index contributed by atoms with van der Waals surface area (Å²) < 4.78 is 3.79. The summed E-state index contributed by atoms with van der Waals surface area (Å²) >= 11 is 5.96. The number of para-hydroxylation sites is 1. The number of hydrogen-bond donors (Lipinski definition) is 0. The number of halogens is 1. The van der Waals surface area contributed by atoms with E-state index < -0.39 is 0 Å². The van der Waals surface area contributed by atoms with Crippen LogP contribution in [0.15, 0.2) is 59.4 Å². The van der Waals surface area contributed by atoms with Crippen molar-refractivity contribution in [3.8, 4) is 11.1 Å². The van der Waals surface area contributed by atoms with E-state index in [0.29, 0.717) is 10.6 Å². The average Bonchev–Trinajstić information content (AvgIpc) is 2.85. The van der Waals surface area contributed by atoms with Gasteiger partial charge in [-0.15, -0.1) is 0 Å². The first-order valence-electron chi connectivity index (χ1n) is 7.41. The summed E-state index contributed by atoms with van der Waals surface area (Å²) in [6, 6.07) is 17.6. The quantitative estimate of drug-likeness (QED) is 0.512. The van der Waals surface area contributed by atoms with Crippen molar-refractivity contribution < 1.29 is 0 Å². The van der Waals surface area contributed by atoms with E-state index >= 15 is 0 Å². The molecule has 2 heterocycles. The van der Waals surface area contributed by atoms with Crippen LogP contribution in [0.25, 0.3) is 33.1 Å². The Labute approximate surface area is 138 Å². The van der Waals surface area contributed by atoms with E-state index in [4.69, 9.17) is 11.6 Å². The molecule has 0 saturated heterocycles. The number of aryl methyl sites for hydroxylation is 2. The lowest BCUT2D eigenvalue weighted by molar-refractivity contribution is 0.846. The second-order valence-electron chi connectivity index (χ2n) is 5.74. The summed E-state index contributed by atoms with van der Waals surface area (Å²) in [5.41, 5.74) is 3.60. The number of nitrogens with zero attached hydrogens (tertiary/aromatic N) is 2. The van der Waals surface area contributed by atoms with Crippen LogP contribution < -0.4 is 5.56 Å². The predicted molar refractivity (Wildman–Crippen MR) is 96.1 cm³/mol. The maximum Gasteiger partial charge on any atom is 0.259 e. The molecule has 0 amide bonds. The van der Waals surface area contributed by atoms with Gasteiger partial charge >= 0.3 is 0 Å². The molecule has 0 unspecified atom stereocenters. The third-order valence-corrected chi connectivity index (χ3v) is 4.66. The lowest BCUT2D eigenvalue weighted by Crippen LogP contribution is -2.20. The van der Waals surface area contributed by atoms with Gasteiger partial charge in [0.05, 0.1) is 5.52 Å². The first-order valence-corrected chi connectivity index (χ1v) is 7.79. The molecular formula is C19H15ClN2O.